The van der Waals surface area contributed by atoms with Crippen LogP contribution in [0, 0.1) is 0 Å². The van der Waals surface area contributed by atoms with E-state index in [0.717, 1.165) is 16.1 Å². The third kappa shape index (κ3) is 0.860. The Hall–Kier alpha value is -1.67. The van der Waals surface area contributed by atoms with Gasteiger partial charge in [0.05, 0.1) is 5.36 Å². The summed E-state index contributed by atoms with van der Waals surface area (Å²) >= 11 is 0. The molecule has 2 nitrogen and oxygen atoms in total. The van der Waals surface area contributed by atoms with Crippen LogP contribution in [-0.4, -0.2) is 10.8 Å². The van der Waals surface area contributed by atoms with Crippen molar-refractivity contribution in [3.63, 3.8) is 0 Å². The van der Waals surface area contributed by atoms with E-state index in [1.54, 1.807) is 6.08 Å². The van der Waals surface area contributed by atoms with Crippen LogP contribution in [0.2, 0.25) is 0 Å². The van der Waals surface area contributed by atoms with Gasteiger partial charge in [-0.15, -0.1) is 0 Å². The highest BCUT2D eigenvalue weighted by Gasteiger charge is 2.31. The number of benzene rings is 1. The molecule has 0 fully saturated rings. The quantitative estimate of drug-likeness (QED) is 0.616. The van der Waals surface area contributed by atoms with Crippen molar-refractivity contribution in [1.29, 1.82) is 0 Å². The van der Waals surface area contributed by atoms with Gasteiger partial charge in [-0.1, -0.05) is 36.4 Å². The predicted octanol–water partition coefficient (Wildman–Crippen LogP) is 0.285. The molecule has 1 unspecified atom stereocenters. The first-order valence-electron chi connectivity index (χ1n) is 4.58. The van der Waals surface area contributed by atoms with Gasteiger partial charge in [0.25, 0.3) is 0 Å². The first-order chi connectivity index (χ1) is 6.80. The Morgan fingerprint density at radius 3 is 2.93 bits per heavy atom. The fourth-order valence-electron chi connectivity index (χ4n) is 1.92. The molecular formula is C12H9NO. The number of rotatable bonds is 0. The molecule has 1 aromatic carbocycles. The van der Waals surface area contributed by atoms with E-state index in [4.69, 9.17) is 0 Å². The molecule has 0 spiro atoms. The van der Waals surface area contributed by atoms with Crippen molar-refractivity contribution >= 4 is 5.57 Å². The summed E-state index contributed by atoms with van der Waals surface area (Å²) in [6.07, 6.45) is 7.36. The maximum atomic E-state index is 10.2. The van der Waals surface area contributed by atoms with Crippen LogP contribution in [0.4, 0.5) is 0 Å². The summed E-state index contributed by atoms with van der Waals surface area (Å²) in [5.74, 6) is 0. The van der Waals surface area contributed by atoms with Crippen LogP contribution in [0.3, 0.4) is 0 Å². The summed E-state index contributed by atoms with van der Waals surface area (Å²) in [5.41, 5.74) is -0.256. The molecule has 0 saturated carbocycles. The molecule has 2 aliphatic rings. The molecule has 0 bridgehead atoms. The lowest BCUT2D eigenvalue weighted by Crippen LogP contribution is -2.25. The third-order valence-electron chi connectivity index (χ3n) is 2.58. The molecule has 0 aromatic heterocycles. The zero-order valence-corrected chi connectivity index (χ0v) is 7.51. The fraction of sp³-hybridized carbons (Fsp3) is 0.0833. The smallest absolute Gasteiger partial charge is 0.203 e. The highest BCUT2D eigenvalue weighted by Crippen LogP contribution is 2.26. The maximum Gasteiger partial charge on any atom is 0.203 e. The minimum Gasteiger partial charge on any atom is -0.362 e. The summed E-state index contributed by atoms with van der Waals surface area (Å²) in [6, 6.07) is 7.78. The highest BCUT2D eigenvalue weighted by atomic mass is 16.3. The topological polar surface area (TPSA) is 32.6 Å². The largest absolute Gasteiger partial charge is 0.362 e. The minimum atomic E-state index is -1.13. The van der Waals surface area contributed by atoms with Gasteiger partial charge in [0.15, 0.2) is 0 Å². The van der Waals surface area contributed by atoms with Crippen LogP contribution < -0.4 is 10.6 Å². The summed E-state index contributed by atoms with van der Waals surface area (Å²) in [6.45, 7) is 0. The molecule has 0 saturated heterocycles. The van der Waals surface area contributed by atoms with Gasteiger partial charge in [0.2, 0.25) is 5.72 Å². The van der Waals surface area contributed by atoms with Gasteiger partial charge >= 0.3 is 0 Å². The van der Waals surface area contributed by atoms with E-state index >= 15 is 0 Å². The Labute approximate surface area is 81.2 Å². The molecule has 0 radical (unpaired) electrons. The Balaban J connectivity index is 2.49. The number of para-hydroxylation sites is 1. The van der Waals surface area contributed by atoms with E-state index in [2.05, 4.69) is 4.99 Å². The summed E-state index contributed by atoms with van der Waals surface area (Å²) in [7, 11) is 0. The Kier molecular flexibility index (Phi) is 1.33. The van der Waals surface area contributed by atoms with E-state index in [0.29, 0.717) is 0 Å². The second-order valence-corrected chi connectivity index (χ2v) is 3.49. The molecule has 1 aliphatic carbocycles. The predicted molar refractivity (Wildman–Crippen MR) is 53.9 cm³/mol. The van der Waals surface area contributed by atoms with Crippen LogP contribution in [0.25, 0.3) is 5.57 Å². The molecule has 1 atom stereocenters. The number of allylic oxidation sites excluding steroid dienone is 2. The van der Waals surface area contributed by atoms with Crippen molar-refractivity contribution < 1.29 is 5.11 Å². The maximum absolute atomic E-state index is 10.2. The lowest BCUT2D eigenvalue weighted by molar-refractivity contribution is 0.162. The molecule has 1 N–H and O–H groups in total. The van der Waals surface area contributed by atoms with Gasteiger partial charge in [-0.3, -0.25) is 0 Å². The van der Waals surface area contributed by atoms with E-state index in [-0.39, 0.29) is 0 Å². The molecular weight excluding hydrogens is 174 g/mol. The fourth-order valence-corrected chi connectivity index (χ4v) is 1.92. The monoisotopic (exact) mass is 183 g/mol. The van der Waals surface area contributed by atoms with Crippen molar-refractivity contribution in [2.45, 2.75) is 5.72 Å². The normalized spacial score (nSPS) is 27.1. The average Bonchev–Trinajstić information content (AvgIpc) is 2.49. The van der Waals surface area contributed by atoms with Crippen molar-refractivity contribution in [3.05, 3.63) is 59.1 Å². The van der Waals surface area contributed by atoms with Crippen LogP contribution in [0.1, 0.15) is 0 Å². The van der Waals surface area contributed by atoms with E-state index in [1.165, 1.54) is 0 Å². The number of hydrogen-bond donors (Lipinski definition) is 1. The van der Waals surface area contributed by atoms with Gasteiger partial charge in [-0.05, 0) is 12.1 Å². The zero-order chi connectivity index (χ0) is 9.60. The number of nitrogens with zero attached hydrogens (tertiary/aromatic N) is 1. The van der Waals surface area contributed by atoms with Crippen molar-refractivity contribution in [1.82, 2.24) is 0 Å². The first-order valence-corrected chi connectivity index (χ1v) is 4.58. The standard InChI is InChI=1S/C12H9NO/c14-12-8-4-3-6-10(12)9-5-1-2-7-11(9)13-12/h1-8,14H. The van der Waals surface area contributed by atoms with Crippen LogP contribution in [-0.2, 0) is 0 Å². The molecule has 1 aliphatic heterocycles. The van der Waals surface area contributed by atoms with Crippen molar-refractivity contribution in [3.8, 4) is 0 Å². The van der Waals surface area contributed by atoms with E-state index in [1.807, 2.05) is 42.5 Å². The van der Waals surface area contributed by atoms with Crippen LogP contribution in [0.15, 0.2) is 53.6 Å². The first kappa shape index (κ1) is 7.71. The summed E-state index contributed by atoms with van der Waals surface area (Å²) < 4.78 is 0. The second-order valence-electron chi connectivity index (χ2n) is 3.49. The van der Waals surface area contributed by atoms with Gasteiger partial charge in [-0.25, -0.2) is 4.99 Å². The molecule has 3 rings (SSSR count). The van der Waals surface area contributed by atoms with Gasteiger partial charge in [0.1, 0.15) is 0 Å². The zero-order valence-electron chi connectivity index (χ0n) is 7.51. The Bertz CT molecular complexity index is 568. The van der Waals surface area contributed by atoms with Crippen molar-refractivity contribution in [2.75, 3.05) is 0 Å². The van der Waals surface area contributed by atoms with Crippen LogP contribution >= 0.6 is 0 Å². The SMILES string of the molecule is OC12C=CC=CC1=c1ccccc1=N2. The Morgan fingerprint density at radius 2 is 2.00 bits per heavy atom. The lowest BCUT2D eigenvalue weighted by Gasteiger charge is -2.19. The second kappa shape index (κ2) is 2.42. The van der Waals surface area contributed by atoms with E-state index < -0.39 is 5.72 Å². The van der Waals surface area contributed by atoms with Crippen molar-refractivity contribution in [2.24, 2.45) is 4.99 Å². The minimum absolute atomic E-state index is 0.862. The molecule has 14 heavy (non-hydrogen) atoms. The molecule has 68 valence electrons. The van der Waals surface area contributed by atoms with E-state index in [9.17, 15) is 5.11 Å². The third-order valence-corrected chi connectivity index (χ3v) is 2.58. The molecule has 0 amide bonds. The molecule has 1 aromatic rings. The number of hydrogen-bond acceptors (Lipinski definition) is 2. The highest BCUT2D eigenvalue weighted by molar-refractivity contribution is 5.70. The van der Waals surface area contributed by atoms with Gasteiger partial charge in [0, 0.05) is 10.8 Å². The average molecular weight is 183 g/mol. The Morgan fingerprint density at radius 1 is 1.14 bits per heavy atom. The summed E-state index contributed by atoms with van der Waals surface area (Å²) in [4.78, 5) is 4.29. The van der Waals surface area contributed by atoms with Gasteiger partial charge in [-0.2, -0.15) is 0 Å². The number of fused-ring (bicyclic) bond motifs is 2. The lowest BCUT2D eigenvalue weighted by atomic mass is 9.98. The summed E-state index contributed by atoms with van der Waals surface area (Å²) in [5, 5.41) is 12.1. The number of aliphatic hydroxyl groups is 1. The van der Waals surface area contributed by atoms with Crippen LogP contribution in [0.5, 0.6) is 0 Å². The molecule has 2 heteroatoms. The molecule has 1 heterocycles. The van der Waals surface area contributed by atoms with Gasteiger partial charge < -0.3 is 5.11 Å².